The lowest BCUT2D eigenvalue weighted by Gasteiger charge is -2.37. The third kappa shape index (κ3) is 3.96. The van der Waals surface area contributed by atoms with E-state index in [0.29, 0.717) is 17.9 Å². The van der Waals surface area contributed by atoms with E-state index in [2.05, 4.69) is 31.7 Å². The van der Waals surface area contributed by atoms with Gasteiger partial charge in [0.1, 0.15) is 5.75 Å². The molecule has 0 amide bonds. The van der Waals surface area contributed by atoms with Crippen LogP contribution in [-0.2, 0) is 6.54 Å². The molecule has 4 heteroatoms. The van der Waals surface area contributed by atoms with Crippen LogP contribution in [0.15, 0.2) is 18.2 Å². The Kier molecular flexibility index (Phi) is 5.55. The maximum atomic E-state index is 9.60. The number of rotatable bonds is 5. The molecular formula is C16H24N2O2. The standard InChI is InChI=1S/C16H24N2O2/c1-16(2,3)15(11-19)18(4)10-13-7-6-12(9-17)8-14(13)20-5/h6-8,15,19H,10-11H2,1-5H3. The van der Waals surface area contributed by atoms with E-state index in [1.807, 2.05) is 13.1 Å². The highest BCUT2D eigenvalue weighted by atomic mass is 16.5. The minimum Gasteiger partial charge on any atom is -0.496 e. The van der Waals surface area contributed by atoms with Gasteiger partial charge in [-0.15, -0.1) is 0 Å². The number of nitriles is 1. The summed E-state index contributed by atoms with van der Waals surface area (Å²) in [6, 6.07) is 7.61. The van der Waals surface area contributed by atoms with E-state index in [4.69, 9.17) is 10.00 Å². The monoisotopic (exact) mass is 276 g/mol. The third-order valence-corrected chi connectivity index (χ3v) is 3.54. The van der Waals surface area contributed by atoms with E-state index in [0.717, 1.165) is 5.56 Å². The molecule has 0 aliphatic rings. The number of aliphatic hydroxyl groups excluding tert-OH is 1. The Morgan fingerprint density at radius 2 is 2.05 bits per heavy atom. The van der Waals surface area contributed by atoms with Crippen molar-refractivity contribution in [3.8, 4) is 11.8 Å². The lowest BCUT2D eigenvalue weighted by molar-refractivity contribution is 0.0609. The highest BCUT2D eigenvalue weighted by Gasteiger charge is 2.28. The molecule has 20 heavy (non-hydrogen) atoms. The zero-order valence-corrected chi connectivity index (χ0v) is 13.0. The van der Waals surface area contributed by atoms with E-state index < -0.39 is 0 Å². The van der Waals surface area contributed by atoms with Crippen molar-refractivity contribution in [1.29, 1.82) is 5.26 Å². The van der Waals surface area contributed by atoms with Gasteiger partial charge in [0, 0.05) is 18.2 Å². The molecule has 0 saturated heterocycles. The molecule has 0 aliphatic carbocycles. The summed E-state index contributed by atoms with van der Waals surface area (Å²) < 4.78 is 5.35. The Morgan fingerprint density at radius 3 is 2.50 bits per heavy atom. The average molecular weight is 276 g/mol. The molecule has 0 radical (unpaired) electrons. The second kappa shape index (κ2) is 6.74. The molecule has 0 heterocycles. The molecule has 1 unspecified atom stereocenters. The molecule has 1 atom stereocenters. The number of ether oxygens (including phenoxy) is 1. The maximum absolute atomic E-state index is 9.60. The topological polar surface area (TPSA) is 56.5 Å². The van der Waals surface area contributed by atoms with Gasteiger partial charge in [-0.2, -0.15) is 5.26 Å². The first-order valence-corrected chi connectivity index (χ1v) is 6.71. The summed E-state index contributed by atoms with van der Waals surface area (Å²) in [7, 11) is 3.59. The molecule has 0 fully saturated rings. The van der Waals surface area contributed by atoms with Crippen LogP contribution in [-0.4, -0.2) is 36.8 Å². The summed E-state index contributed by atoms with van der Waals surface area (Å²) in [6.07, 6.45) is 0. The Hall–Kier alpha value is -1.57. The fourth-order valence-corrected chi connectivity index (χ4v) is 2.40. The molecule has 0 bridgehead atoms. The molecule has 1 rings (SSSR count). The largest absolute Gasteiger partial charge is 0.496 e. The summed E-state index contributed by atoms with van der Waals surface area (Å²) in [5.41, 5.74) is 1.59. The first kappa shape index (κ1) is 16.5. The number of hydrogen-bond acceptors (Lipinski definition) is 4. The van der Waals surface area contributed by atoms with Gasteiger partial charge in [0.05, 0.1) is 25.3 Å². The SMILES string of the molecule is COc1cc(C#N)ccc1CN(C)C(CO)C(C)(C)C. The van der Waals surface area contributed by atoms with Gasteiger partial charge in [-0.3, -0.25) is 4.90 Å². The van der Waals surface area contributed by atoms with Crippen molar-refractivity contribution in [2.24, 2.45) is 5.41 Å². The number of nitrogens with zero attached hydrogens (tertiary/aromatic N) is 2. The van der Waals surface area contributed by atoms with Crippen molar-refractivity contribution in [3.63, 3.8) is 0 Å². The first-order valence-electron chi connectivity index (χ1n) is 6.71. The molecule has 0 aromatic heterocycles. The molecule has 4 nitrogen and oxygen atoms in total. The number of aliphatic hydroxyl groups is 1. The molecule has 0 spiro atoms. The normalized spacial score (nSPS) is 13.1. The molecule has 110 valence electrons. The highest BCUT2D eigenvalue weighted by molar-refractivity contribution is 5.42. The predicted molar refractivity (Wildman–Crippen MR) is 79.5 cm³/mol. The van der Waals surface area contributed by atoms with Crippen LogP contribution in [0.25, 0.3) is 0 Å². The smallest absolute Gasteiger partial charge is 0.124 e. The Labute approximate surface area is 121 Å². The van der Waals surface area contributed by atoms with Gasteiger partial charge < -0.3 is 9.84 Å². The van der Waals surface area contributed by atoms with Gasteiger partial charge in [-0.1, -0.05) is 26.8 Å². The average Bonchev–Trinajstić information content (AvgIpc) is 2.38. The second-order valence-corrected chi connectivity index (χ2v) is 6.12. The molecule has 1 aromatic carbocycles. The van der Waals surface area contributed by atoms with Crippen molar-refractivity contribution in [2.45, 2.75) is 33.4 Å². The van der Waals surface area contributed by atoms with Crippen molar-refractivity contribution >= 4 is 0 Å². The van der Waals surface area contributed by atoms with E-state index >= 15 is 0 Å². The van der Waals surface area contributed by atoms with E-state index in [1.54, 1.807) is 19.2 Å². The van der Waals surface area contributed by atoms with Crippen LogP contribution in [0, 0.1) is 16.7 Å². The van der Waals surface area contributed by atoms with Gasteiger partial charge in [0.25, 0.3) is 0 Å². The lowest BCUT2D eigenvalue weighted by Crippen LogP contribution is -2.44. The van der Waals surface area contributed by atoms with Gasteiger partial charge in [-0.25, -0.2) is 0 Å². The summed E-state index contributed by atoms with van der Waals surface area (Å²) >= 11 is 0. The molecular weight excluding hydrogens is 252 g/mol. The van der Waals surface area contributed by atoms with E-state index in [9.17, 15) is 5.11 Å². The maximum Gasteiger partial charge on any atom is 0.124 e. The molecule has 0 aliphatic heterocycles. The number of hydrogen-bond donors (Lipinski definition) is 1. The van der Waals surface area contributed by atoms with Crippen molar-refractivity contribution in [3.05, 3.63) is 29.3 Å². The summed E-state index contributed by atoms with van der Waals surface area (Å²) in [5, 5.41) is 18.5. The Morgan fingerprint density at radius 1 is 1.40 bits per heavy atom. The Balaban J connectivity index is 2.95. The fourth-order valence-electron chi connectivity index (χ4n) is 2.40. The van der Waals surface area contributed by atoms with E-state index in [1.165, 1.54) is 0 Å². The zero-order valence-electron chi connectivity index (χ0n) is 13.0. The van der Waals surface area contributed by atoms with Gasteiger partial charge in [-0.05, 0) is 24.6 Å². The van der Waals surface area contributed by atoms with Crippen molar-refractivity contribution in [2.75, 3.05) is 20.8 Å². The van der Waals surface area contributed by atoms with Crippen LogP contribution in [0.2, 0.25) is 0 Å². The van der Waals surface area contributed by atoms with Crippen LogP contribution in [0.4, 0.5) is 0 Å². The number of methoxy groups -OCH3 is 1. The summed E-state index contributed by atoms with van der Waals surface area (Å²) in [4.78, 5) is 2.11. The van der Waals surface area contributed by atoms with Gasteiger partial charge >= 0.3 is 0 Å². The van der Waals surface area contributed by atoms with Crippen LogP contribution >= 0.6 is 0 Å². The highest BCUT2D eigenvalue weighted by Crippen LogP contribution is 2.27. The van der Waals surface area contributed by atoms with Crippen LogP contribution in [0.1, 0.15) is 31.9 Å². The quantitative estimate of drug-likeness (QED) is 0.897. The molecule has 0 saturated carbocycles. The van der Waals surface area contributed by atoms with Gasteiger partial charge in [0.15, 0.2) is 0 Å². The molecule has 1 aromatic rings. The first-order chi connectivity index (χ1) is 9.33. The number of benzene rings is 1. The van der Waals surface area contributed by atoms with E-state index in [-0.39, 0.29) is 18.1 Å². The van der Waals surface area contributed by atoms with Crippen molar-refractivity contribution in [1.82, 2.24) is 4.90 Å². The zero-order chi connectivity index (χ0) is 15.3. The minimum absolute atomic E-state index is 0.0106. The van der Waals surface area contributed by atoms with Gasteiger partial charge in [0.2, 0.25) is 0 Å². The second-order valence-electron chi connectivity index (χ2n) is 6.12. The van der Waals surface area contributed by atoms with Crippen LogP contribution < -0.4 is 4.74 Å². The Bertz CT molecular complexity index is 486. The summed E-state index contributed by atoms with van der Waals surface area (Å²) in [6.45, 7) is 7.11. The predicted octanol–water partition coefficient (Wildman–Crippen LogP) is 2.41. The minimum atomic E-state index is -0.0106. The lowest BCUT2D eigenvalue weighted by atomic mass is 9.86. The molecule has 1 N–H and O–H groups in total. The third-order valence-electron chi connectivity index (χ3n) is 3.54. The van der Waals surface area contributed by atoms with Crippen LogP contribution in [0.3, 0.4) is 0 Å². The van der Waals surface area contributed by atoms with Crippen LogP contribution in [0.5, 0.6) is 5.75 Å². The summed E-state index contributed by atoms with van der Waals surface area (Å²) in [5.74, 6) is 0.710. The van der Waals surface area contributed by atoms with Crippen molar-refractivity contribution < 1.29 is 9.84 Å². The fraction of sp³-hybridized carbons (Fsp3) is 0.562. The number of likely N-dealkylation sites (N-methyl/N-ethyl adjacent to an activating group) is 1.